The van der Waals surface area contributed by atoms with Crippen LogP contribution in [0.4, 0.5) is 0 Å². The smallest absolute Gasteiger partial charge is 0.0601 e. The summed E-state index contributed by atoms with van der Waals surface area (Å²) in [6.07, 6.45) is 3.15. The highest BCUT2D eigenvalue weighted by Crippen LogP contribution is 2.25. The third-order valence-corrected chi connectivity index (χ3v) is 3.17. The number of aryl methyl sites for hydroxylation is 1. The van der Waals surface area contributed by atoms with E-state index in [1.165, 1.54) is 16.5 Å². The van der Waals surface area contributed by atoms with Crippen LogP contribution in [0.5, 0.6) is 0 Å². The minimum atomic E-state index is 1.01. The third-order valence-electron chi connectivity index (χ3n) is 2.11. The molecular weight excluding hydrogens is 294 g/mol. The summed E-state index contributed by atoms with van der Waals surface area (Å²) in [6.45, 7) is 0. The SMILES string of the molecule is BrCCc1c[nH]c2c(Br)cccc12. The fourth-order valence-corrected chi connectivity index (χ4v) is 2.39. The van der Waals surface area contributed by atoms with Crippen molar-refractivity contribution in [1.82, 2.24) is 4.98 Å². The summed E-state index contributed by atoms with van der Waals surface area (Å²) in [6, 6.07) is 6.27. The largest absolute Gasteiger partial charge is 0.360 e. The van der Waals surface area contributed by atoms with E-state index in [4.69, 9.17) is 0 Å². The zero-order chi connectivity index (χ0) is 9.26. The third kappa shape index (κ3) is 1.67. The first-order chi connectivity index (χ1) is 6.33. The molecule has 1 N–H and O–H groups in total. The lowest BCUT2D eigenvalue weighted by atomic mass is 10.1. The molecule has 0 fully saturated rings. The van der Waals surface area contributed by atoms with Gasteiger partial charge in [-0.25, -0.2) is 0 Å². The van der Waals surface area contributed by atoms with Crippen molar-refractivity contribution in [2.24, 2.45) is 0 Å². The molecule has 0 atom stereocenters. The van der Waals surface area contributed by atoms with Gasteiger partial charge in [-0.3, -0.25) is 0 Å². The van der Waals surface area contributed by atoms with Crippen molar-refractivity contribution in [1.29, 1.82) is 0 Å². The molecule has 0 bridgehead atoms. The summed E-state index contributed by atoms with van der Waals surface area (Å²) < 4.78 is 1.13. The highest BCUT2D eigenvalue weighted by molar-refractivity contribution is 9.10. The Balaban J connectivity index is 2.61. The number of fused-ring (bicyclic) bond motifs is 1. The van der Waals surface area contributed by atoms with Gasteiger partial charge in [-0.05, 0) is 34.0 Å². The second-order valence-corrected chi connectivity index (χ2v) is 4.56. The molecule has 1 heterocycles. The summed E-state index contributed by atoms with van der Waals surface area (Å²) in [7, 11) is 0. The molecule has 0 saturated carbocycles. The summed E-state index contributed by atoms with van der Waals surface area (Å²) in [5.41, 5.74) is 2.56. The van der Waals surface area contributed by atoms with Gasteiger partial charge in [0.15, 0.2) is 0 Å². The minimum Gasteiger partial charge on any atom is -0.360 e. The zero-order valence-corrected chi connectivity index (χ0v) is 10.2. The van der Waals surface area contributed by atoms with Crippen molar-refractivity contribution in [3.8, 4) is 0 Å². The van der Waals surface area contributed by atoms with Crippen molar-refractivity contribution in [3.05, 3.63) is 34.4 Å². The number of nitrogens with one attached hydrogen (secondary N) is 1. The van der Waals surface area contributed by atoms with Gasteiger partial charge in [-0.15, -0.1) is 0 Å². The van der Waals surface area contributed by atoms with E-state index in [0.29, 0.717) is 0 Å². The maximum absolute atomic E-state index is 3.52. The summed E-state index contributed by atoms with van der Waals surface area (Å²) in [4.78, 5) is 3.27. The van der Waals surface area contributed by atoms with Crippen molar-refractivity contribution < 1.29 is 0 Å². The first kappa shape index (κ1) is 9.28. The fraction of sp³-hybridized carbons (Fsp3) is 0.200. The van der Waals surface area contributed by atoms with Crippen molar-refractivity contribution in [2.75, 3.05) is 5.33 Å². The van der Waals surface area contributed by atoms with Gasteiger partial charge >= 0.3 is 0 Å². The molecule has 0 spiro atoms. The van der Waals surface area contributed by atoms with Gasteiger partial charge in [-0.2, -0.15) is 0 Å². The number of alkyl halides is 1. The standard InChI is InChI=1S/C10H9Br2N/c11-5-4-7-6-13-10-8(7)2-1-3-9(10)12/h1-3,6,13H,4-5H2. The van der Waals surface area contributed by atoms with Gasteiger partial charge in [0.25, 0.3) is 0 Å². The zero-order valence-electron chi connectivity index (χ0n) is 6.98. The van der Waals surface area contributed by atoms with Crippen LogP contribution < -0.4 is 0 Å². The molecule has 0 amide bonds. The average Bonchev–Trinajstić information content (AvgIpc) is 2.51. The van der Waals surface area contributed by atoms with Crippen molar-refractivity contribution in [2.45, 2.75) is 6.42 Å². The van der Waals surface area contributed by atoms with Gasteiger partial charge in [0, 0.05) is 21.4 Å². The highest BCUT2D eigenvalue weighted by atomic mass is 79.9. The molecule has 1 nitrogen and oxygen atoms in total. The van der Waals surface area contributed by atoms with Crippen LogP contribution in [-0.4, -0.2) is 10.3 Å². The van der Waals surface area contributed by atoms with Crippen LogP contribution in [0.2, 0.25) is 0 Å². The van der Waals surface area contributed by atoms with Crippen LogP contribution in [0.1, 0.15) is 5.56 Å². The lowest BCUT2D eigenvalue weighted by molar-refractivity contribution is 1.18. The number of halogens is 2. The average molecular weight is 303 g/mol. The molecule has 3 heteroatoms. The summed E-state index contributed by atoms with van der Waals surface area (Å²) in [5, 5.41) is 2.32. The maximum atomic E-state index is 3.52. The quantitative estimate of drug-likeness (QED) is 0.811. The second-order valence-electron chi connectivity index (χ2n) is 2.92. The molecule has 0 aliphatic carbocycles. The molecule has 2 aromatic rings. The number of hydrogen-bond acceptors (Lipinski definition) is 0. The monoisotopic (exact) mass is 301 g/mol. The molecule has 2 rings (SSSR count). The van der Waals surface area contributed by atoms with Crippen molar-refractivity contribution in [3.63, 3.8) is 0 Å². The Kier molecular flexibility index (Phi) is 2.74. The van der Waals surface area contributed by atoms with Gasteiger partial charge in [0.05, 0.1) is 5.52 Å². The normalized spacial score (nSPS) is 10.9. The molecular formula is C10H9Br2N. The van der Waals surface area contributed by atoms with E-state index in [-0.39, 0.29) is 0 Å². The molecule has 1 aromatic heterocycles. The van der Waals surface area contributed by atoms with Crippen LogP contribution >= 0.6 is 31.9 Å². The van der Waals surface area contributed by atoms with E-state index in [1.54, 1.807) is 0 Å². The van der Waals surface area contributed by atoms with E-state index in [9.17, 15) is 0 Å². The Morgan fingerprint density at radius 1 is 1.31 bits per heavy atom. The van der Waals surface area contributed by atoms with E-state index >= 15 is 0 Å². The predicted molar refractivity (Wildman–Crippen MR) is 63.5 cm³/mol. The molecule has 0 aliphatic rings. The van der Waals surface area contributed by atoms with Gasteiger partial charge in [0.2, 0.25) is 0 Å². The number of rotatable bonds is 2. The number of para-hydroxylation sites is 1. The van der Waals surface area contributed by atoms with Crippen LogP contribution in [0.15, 0.2) is 28.9 Å². The highest BCUT2D eigenvalue weighted by Gasteiger charge is 2.04. The van der Waals surface area contributed by atoms with E-state index in [1.807, 2.05) is 0 Å². The molecule has 1 aromatic carbocycles. The van der Waals surface area contributed by atoms with Crippen LogP contribution in [0.3, 0.4) is 0 Å². The second kappa shape index (κ2) is 3.84. The minimum absolute atomic E-state index is 1.01. The molecule has 13 heavy (non-hydrogen) atoms. The Labute approximate surface area is 93.8 Å². The lowest BCUT2D eigenvalue weighted by Gasteiger charge is -1.95. The van der Waals surface area contributed by atoms with Gasteiger partial charge in [-0.1, -0.05) is 28.1 Å². The van der Waals surface area contributed by atoms with Gasteiger partial charge in [0.1, 0.15) is 0 Å². The molecule has 68 valence electrons. The Morgan fingerprint density at radius 2 is 2.15 bits per heavy atom. The molecule has 0 unspecified atom stereocenters. The van der Waals surface area contributed by atoms with E-state index in [0.717, 1.165) is 16.2 Å². The number of benzene rings is 1. The topological polar surface area (TPSA) is 15.8 Å². The molecule has 0 saturated heterocycles. The molecule has 0 radical (unpaired) electrons. The number of aromatic amines is 1. The Morgan fingerprint density at radius 3 is 2.92 bits per heavy atom. The summed E-state index contributed by atoms with van der Waals surface area (Å²) in [5.74, 6) is 0. The van der Waals surface area contributed by atoms with E-state index < -0.39 is 0 Å². The number of aromatic nitrogens is 1. The Bertz CT molecular complexity index is 420. The maximum Gasteiger partial charge on any atom is 0.0601 e. The van der Waals surface area contributed by atoms with Crippen LogP contribution in [0.25, 0.3) is 10.9 Å². The van der Waals surface area contributed by atoms with Gasteiger partial charge < -0.3 is 4.98 Å². The predicted octanol–water partition coefficient (Wildman–Crippen LogP) is 3.87. The van der Waals surface area contributed by atoms with Crippen molar-refractivity contribution >= 4 is 42.8 Å². The first-order valence-corrected chi connectivity index (χ1v) is 6.05. The lowest BCUT2D eigenvalue weighted by Crippen LogP contribution is -1.81. The number of hydrogen-bond donors (Lipinski definition) is 1. The Hall–Kier alpha value is -0.280. The summed E-state index contributed by atoms with van der Waals surface area (Å²) >= 11 is 6.97. The number of H-pyrrole nitrogens is 1. The van der Waals surface area contributed by atoms with Crippen LogP contribution in [0, 0.1) is 0 Å². The van der Waals surface area contributed by atoms with Crippen LogP contribution in [-0.2, 0) is 6.42 Å². The fourth-order valence-electron chi connectivity index (χ4n) is 1.48. The molecule has 0 aliphatic heterocycles. The first-order valence-electron chi connectivity index (χ1n) is 4.13. The van der Waals surface area contributed by atoms with E-state index in [2.05, 4.69) is 61.2 Å².